The van der Waals surface area contributed by atoms with Gasteiger partial charge in [-0.25, -0.2) is 4.98 Å². The fourth-order valence-corrected chi connectivity index (χ4v) is 3.55. The molecule has 3 aromatic rings. The molecular weight excluding hydrogens is 332 g/mol. The number of fused-ring (bicyclic) bond motifs is 1. The minimum atomic E-state index is -0.0227. The van der Waals surface area contributed by atoms with Gasteiger partial charge in [0.15, 0.2) is 0 Å². The summed E-state index contributed by atoms with van der Waals surface area (Å²) >= 11 is 1.49. The average molecular weight is 354 g/mol. The van der Waals surface area contributed by atoms with Crippen LogP contribution in [0.1, 0.15) is 29.4 Å². The van der Waals surface area contributed by atoms with Crippen molar-refractivity contribution in [3.63, 3.8) is 0 Å². The standard InChI is InChI=1S/C20H22N2O2S/c1-4-15-10-16-8-13(2)14(3)9-18(16)22-20(15)25-12-19(23)21-11-17-6-5-7-24-17/h5-10H,4,11-12H2,1-3H3,(H,21,23). The van der Waals surface area contributed by atoms with Crippen LogP contribution in [0.2, 0.25) is 0 Å². The van der Waals surface area contributed by atoms with Crippen LogP contribution < -0.4 is 5.32 Å². The third-order valence-electron chi connectivity index (χ3n) is 4.23. The number of furan rings is 1. The van der Waals surface area contributed by atoms with Gasteiger partial charge in [0.05, 0.1) is 24.1 Å². The quantitative estimate of drug-likeness (QED) is 0.666. The van der Waals surface area contributed by atoms with Crippen LogP contribution in [0.15, 0.2) is 46.0 Å². The Morgan fingerprint density at radius 2 is 2.04 bits per heavy atom. The van der Waals surface area contributed by atoms with E-state index >= 15 is 0 Å². The summed E-state index contributed by atoms with van der Waals surface area (Å²) in [5.41, 5.74) is 4.67. The number of nitrogens with zero attached hydrogens (tertiary/aromatic N) is 1. The second-order valence-corrected chi connectivity index (χ2v) is 7.04. The van der Waals surface area contributed by atoms with E-state index in [1.165, 1.54) is 28.5 Å². The molecule has 0 bridgehead atoms. The SMILES string of the molecule is CCc1cc2cc(C)c(C)cc2nc1SCC(=O)NCc1ccco1. The van der Waals surface area contributed by atoms with Crippen LogP contribution in [-0.2, 0) is 17.8 Å². The van der Waals surface area contributed by atoms with Crippen LogP contribution in [0.3, 0.4) is 0 Å². The first-order chi connectivity index (χ1) is 12.1. The maximum atomic E-state index is 12.1. The van der Waals surface area contributed by atoms with E-state index < -0.39 is 0 Å². The van der Waals surface area contributed by atoms with Crippen molar-refractivity contribution in [3.05, 3.63) is 59.0 Å². The zero-order valence-electron chi connectivity index (χ0n) is 14.8. The zero-order chi connectivity index (χ0) is 17.8. The summed E-state index contributed by atoms with van der Waals surface area (Å²) < 4.78 is 5.22. The predicted octanol–water partition coefficient (Wildman–Crippen LogP) is 4.42. The fourth-order valence-electron chi connectivity index (χ4n) is 2.63. The van der Waals surface area contributed by atoms with Gasteiger partial charge in [-0.2, -0.15) is 0 Å². The molecule has 0 radical (unpaired) electrons. The Morgan fingerprint density at radius 1 is 1.24 bits per heavy atom. The molecule has 0 saturated heterocycles. The Labute approximate surface area is 152 Å². The lowest BCUT2D eigenvalue weighted by Crippen LogP contribution is -2.24. The molecule has 0 spiro atoms. The first kappa shape index (κ1) is 17.5. The molecule has 2 heterocycles. The normalized spacial score (nSPS) is 11.0. The Balaban J connectivity index is 1.71. The molecule has 0 saturated carbocycles. The van der Waals surface area contributed by atoms with E-state index in [1.54, 1.807) is 6.26 Å². The molecule has 0 unspecified atom stereocenters. The van der Waals surface area contributed by atoms with Gasteiger partial charge in [-0.1, -0.05) is 18.7 Å². The summed E-state index contributed by atoms with van der Waals surface area (Å²) in [6.45, 7) is 6.74. The molecule has 1 aromatic carbocycles. The van der Waals surface area contributed by atoms with Gasteiger partial charge in [-0.3, -0.25) is 4.79 Å². The fraction of sp³-hybridized carbons (Fsp3) is 0.300. The van der Waals surface area contributed by atoms with E-state index in [-0.39, 0.29) is 5.91 Å². The highest BCUT2D eigenvalue weighted by Crippen LogP contribution is 2.27. The van der Waals surface area contributed by atoms with Crippen LogP contribution in [0, 0.1) is 13.8 Å². The predicted molar refractivity (Wildman–Crippen MR) is 102 cm³/mol. The molecule has 0 atom stereocenters. The van der Waals surface area contributed by atoms with Crippen LogP contribution in [-0.4, -0.2) is 16.6 Å². The summed E-state index contributed by atoms with van der Waals surface area (Å²) in [7, 11) is 0. The number of aryl methyl sites for hydroxylation is 3. The molecule has 0 aliphatic rings. The number of carbonyl (C=O) groups is 1. The van der Waals surface area contributed by atoms with Crippen LogP contribution in [0.5, 0.6) is 0 Å². The Morgan fingerprint density at radius 3 is 2.76 bits per heavy atom. The lowest BCUT2D eigenvalue weighted by molar-refractivity contribution is -0.118. The summed E-state index contributed by atoms with van der Waals surface area (Å²) in [5.74, 6) is 1.07. The number of aromatic nitrogens is 1. The number of nitrogens with one attached hydrogen (secondary N) is 1. The molecule has 4 nitrogen and oxygen atoms in total. The second kappa shape index (κ2) is 7.74. The van der Waals surface area contributed by atoms with Crippen molar-refractivity contribution in [2.45, 2.75) is 38.8 Å². The highest BCUT2D eigenvalue weighted by molar-refractivity contribution is 7.99. The number of hydrogen-bond donors (Lipinski definition) is 1. The topological polar surface area (TPSA) is 55.1 Å². The van der Waals surface area contributed by atoms with Gasteiger partial charge < -0.3 is 9.73 Å². The number of carbonyl (C=O) groups excluding carboxylic acids is 1. The van der Waals surface area contributed by atoms with Crippen molar-refractivity contribution in [2.24, 2.45) is 0 Å². The minimum absolute atomic E-state index is 0.0227. The monoisotopic (exact) mass is 354 g/mol. The number of pyridine rings is 1. The van der Waals surface area contributed by atoms with Crippen molar-refractivity contribution < 1.29 is 9.21 Å². The Hall–Kier alpha value is -2.27. The van der Waals surface area contributed by atoms with E-state index in [4.69, 9.17) is 9.40 Å². The van der Waals surface area contributed by atoms with Crippen LogP contribution >= 0.6 is 11.8 Å². The number of rotatable bonds is 6. The van der Waals surface area contributed by atoms with Crippen molar-refractivity contribution >= 4 is 28.6 Å². The summed E-state index contributed by atoms with van der Waals surface area (Å²) in [4.78, 5) is 16.9. The maximum absolute atomic E-state index is 12.1. The summed E-state index contributed by atoms with van der Waals surface area (Å²) in [6, 6.07) is 10.1. The maximum Gasteiger partial charge on any atom is 0.230 e. The van der Waals surface area contributed by atoms with E-state index in [0.29, 0.717) is 12.3 Å². The number of thioether (sulfide) groups is 1. The van der Waals surface area contributed by atoms with Gasteiger partial charge in [-0.15, -0.1) is 0 Å². The zero-order valence-corrected chi connectivity index (χ0v) is 15.6. The smallest absolute Gasteiger partial charge is 0.230 e. The Kier molecular flexibility index (Phi) is 5.43. The minimum Gasteiger partial charge on any atom is -0.467 e. The highest BCUT2D eigenvalue weighted by Gasteiger charge is 2.10. The highest BCUT2D eigenvalue weighted by atomic mass is 32.2. The largest absolute Gasteiger partial charge is 0.467 e. The first-order valence-electron chi connectivity index (χ1n) is 8.39. The molecule has 1 N–H and O–H groups in total. The molecule has 0 aliphatic carbocycles. The average Bonchev–Trinajstić information content (AvgIpc) is 3.12. The number of benzene rings is 1. The Bertz CT molecular complexity index is 888. The van der Waals surface area contributed by atoms with Gasteiger partial charge in [0.1, 0.15) is 10.8 Å². The summed E-state index contributed by atoms with van der Waals surface area (Å²) in [6.07, 6.45) is 2.50. The van der Waals surface area contributed by atoms with E-state index in [1.807, 2.05) is 12.1 Å². The lowest BCUT2D eigenvalue weighted by Gasteiger charge is -2.11. The number of hydrogen-bond acceptors (Lipinski definition) is 4. The molecular formula is C20H22N2O2S. The molecule has 25 heavy (non-hydrogen) atoms. The third-order valence-corrected chi connectivity index (χ3v) is 5.26. The molecule has 2 aromatic heterocycles. The molecule has 3 rings (SSSR count). The molecule has 0 fully saturated rings. The van der Waals surface area contributed by atoms with E-state index in [2.05, 4.69) is 44.3 Å². The van der Waals surface area contributed by atoms with E-state index in [9.17, 15) is 4.79 Å². The molecule has 130 valence electrons. The second-order valence-electron chi connectivity index (χ2n) is 6.08. The van der Waals surface area contributed by atoms with Crippen molar-refractivity contribution in [2.75, 3.05) is 5.75 Å². The van der Waals surface area contributed by atoms with Crippen molar-refractivity contribution in [3.8, 4) is 0 Å². The van der Waals surface area contributed by atoms with Gasteiger partial charge in [0.25, 0.3) is 0 Å². The molecule has 5 heteroatoms. The van der Waals surface area contributed by atoms with E-state index in [0.717, 1.165) is 28.1 Å². The van der Waals surface area contributed by atoms with Gasteiger partial charge in [-0.05, 0) is 67.3 Å². The van der Waals surface area contributed by atoms with Gasteiger partial charge in [0.2, 0.25) is 5.91 Å². The van der Waals surface area contributed by atoms with Crippen molar-refractivity contribution in [1.82, 2.24) is 10.3 Å². The van der Waals surface area contributed by atoms with Crippen molar-refractivity contribution in [1.29, 1.82) is 0 Å². The van der Waals surface area contributed by atoms with Crippen LogP contribution in [0.4, 0.5) is 0 Å². The van der Waals surface area contributed by atoms with Gasteiger partial charge >= 0.3 is 0 Å². The summed E-state index contributed by atoms with van der Waals surface area (Å²) in [5, 5.41) is 4.96. The molecule has 0 aliphatic heterocycles. The lowest BCUT2D eigenvalue weighted by atomic mass is 10.0. The van der Waals surface area contributed by atoms with Gasteiger partial charge in [0, 0.05) is 5.39 Å². The first-order valence-corrected chi connectivity index (χ1v) is 9.38. The van der Waals surface area contributed by atoms with Crippen LogP contribution in [0.25, 0.3) is 10.9 Å². The molecule has 1 amide bonds. The third kappa shape index (κ3) is 4.23. The number of amides is 1.